The average molecular weight is 375 g/mol. The van der Waals surface area contributed by atoms with Crippen LogP contribution in [0, 0.1) is 11.2 Å². The number of rotatable bonds is 5. The molecule has 2 fully saturated rings. The highest BCUT2D eigenvalue weighted by Gasteiger charge is 2.42. The van der Waals surface area contributed by atoms with Crippen molar-refractivity contribution in [2.75, 3.05) is 46.8 Å². The molecule has 5 nitrogen and oxygen atoms in total. The lowest BCUT2D eigenvalue weighted by Crippen LogP contribution is -2.56. The average Bonchev–Trinajstić information content (AvgIpc) is 2.64. The van der Waals surface area contributed by atoms with E-state index in [1.807, 2.05) is 23.9 Å². The zero-order valence-corrected chi connectivity index (χ0v) is 16.4. The summed E-state index contributed by atoms with van der Waals surface area (Å²) >= 11 is 0. The van der Waals surface area contributed by atoms with Crippen LogP contribution >= 0.6 is 0 Å². The van der Waals surface area contributed by atoms with Crippen molar-refractivity contribution < 1.29 is 14.0 Å². The summed E-state index contributed by atoms with van der Waals surface area (Å²) in [5.41, 5.74) is 0.865. The van der Waals surface area contributed by atoms with Gasteiger partial charge in [0.05, 0.1) is 6.42 Å². The minimum absolute atomic E-state index is 0.0247. The van der Waals surface area contributed by atoms with Crippen LogP contribution < -0.4 is 0 Å². The van der Waals surface area contributed by atoms with Crippen molar-refractivity contribution >= 4 is 11.8 Å². The molecule has 0 aromatic heterocycles. The van der Waals surface area contributed by atoms with Crippen molar-refractivity contribution in [3.63, 3.8) is 0 Å². The van der Waals surface area contributed by atoms with Gasteiger partial charge in [-0.05, 0) is 51.1 Å². The van der Waals surface area contributed by atoms with Gasteiger partial charge >= 0.3 is 0 Å². The van der Waals surface area contributed by atoms with E-state index in [0.717, 1.165) is 57.5 Å². The topological polar surface area (TPSA) is 43.9 Å². The van der Waals surface area contributed by atoms with Crippen LogP contribution in [0.3, 0.4) is 0 Å². The molecule has 1 atom stereocenters. The van der Waals surface area contributed by atoms with E-state index in [-0.39, 0.29) is 23.0 Å². The molecule has 0 radical (unpaired) electrons. The molecule has 6 heteroatoms. The Bertz CT molecular complexity index is 677. The number of piperidine rings is 2. The van der Waals surface area contributed by atoms with Crippen LogP contribution in [0.15, 0.2) is 24.3 Å². The Morgan fingerprint density at radius 2 is 1.93 bits per heavy atom. The molecule has 0 bridgehead atoms. The van der Waals surface area contributed by atoms with Crippen molar-refractivity contribution in [2.45, 2.75) is 32.1 Å². The van der Waals surface area contributed by atoms with Crippen LogP contribution in [-0.4, -0.2) is 73.3 Å². The van der Waals surface area contributed by atoms with Crippen molar-refractivity contribution in [1.82, 2.24) is 14.7 Å². The standard InChI is InChI=1S/C21H30FN3O2/c1-23(2)12-13-25-16-21(10-8-19(25)26)9-3-11-24(15-21)20(27)14-17-4-6-18(22)7-5-17/h4-7H,3,8-16H2,1-2H3/t21-/m1/s1. The Kier molecular flexibility index (Phi) is 6.15. The van der Waals surface area contributed by atoms with Crippen LogP contribution in [-0.2, 0) is 16.0 Å². The molecule has 2 aliphatic heterocycles. The molecule has 2 saturated heterocycles. The first-order chi connectivity index (χ1) is 12.9. The van der Waals surface area contributed by atoms with Crippen LogP contribution in [0.2, 0.25) is 0 Å². The Labute approximate surface area is 161 Å². The molecule has 2 aliphatic rings. The van der Waals surface area contributed by atoms with Gasteiger partial charge < -0.3 is 14.7 Å². The van der Waals surface area contributed by atoms with Gasteiger partial charge in [-0.2, -0.15) is 0 Å². The quantitative estimate of drug-likeness (QED) is 0.792. The van der Waals surface area contributed by atoms with Gasteiger partial charge in [0.2, 0.25) is 11.8 Å². The summed E-state index contributed by atoms with van der Waals surface area (Å²) in [7, 11) is 4.03. The number of likely N-dealkylation sites (N-methyl/N-ethyl adjacent to an activating group) is 1. The normalized spacial score (nSPS) is 23.3. The third kappa shape index (κ3) is 5.06. The molecule has 1 aromatic carbocycles. The van der Waals surface area contributed by atoms with E-state index in [2.05, 4.69) is 4.90 Å². The first-order valence-electron chi connectivity index (χ1n) is 9.82. The summed E-state index contributed by atoms with van der Waals surface area (Å²) in [6.07, 6.45) is 3.79. The molecule has 0 N–H and O–H groups in total. The molecule has 0 aliphatic carbocycles. The monoisotopic (exact) mass is 375 g/mol. The summed E-state index contributed by atoms with van der Waals surface area (Å²) in [5, 5.41) is 0. The van der Waals surface area contributed by atoms with Crippen molar-refractivity contribution in [2.24, 2.45) is 5.41 Å². The van der Waals surface area contributed by atoms with E-state index in [1.165, 1.54) is 12.1 Å². The Morgan fingerprint density at radius 1 is 1.19 bits per heavy atom. The highest BCUT2D eigenvalue weighted by Crippen LogP contribution is 2.39. The SMILES string of the molecule is CN(C)CCN1C[C@]2(CCCN(C(=O)Cc3ccc(F)cc3)C2)CCC1=O. The first kappa shape index (κ1) is 19.8. The molecule has 2 heterocycles. The van der Waals surface area contributed by atoms with Gasteiger partial charge in [-0.1, -0.05) is 12.1 Å². The molecule has 1 aromatic rings. The van der Waals surface area contributed by atoms with Crippen LogP contribution in [0.25, 0.3) is 0 Å². The molecular weight excluding hydrogens is 345 g/mol. The summed E-state index contributed by atoms with van der Waals surface area (Å²) in [6, 6.07) is 6.15. The predicted octanol–water partition coefficient (Wildman–Crippen LogP) is 2.16. The maximum atomic E-state index is 13.1. The highest BCUT2D eigenvalue weighted by molar-refractivity contribution is 5.79. The predicted molar refractivity (Wildman–Crippen MR) is 103 cm³/mol. The molecule has 3 rings (SSSR count). The number of hydrogen-bond acceptors (Lipinski definition) is 3. The van der Waals surface area contributed by atoms with E-state index < -0.39 is 0 Å². The van der Waals surface area contributed by atoms with Gasteiger partial charge in [-0.15, -0.1) is 0 Å². The van der Waals surface area contributed by atoms with Gasteiger partial charge in [0.15, 0.2) is 0 Å². The number of benzene rings is 1. The molecule has 1 spiro atoms. The first-order valence-corrected chi connectivity index (χ1v) is 9.82. The largest absolute Gasteiger partial charge is 0.342 e. The fraction of sp³-hybridized carbons (Fsp3) is 0.619. The summed E-state index contributed by atoms with van der Waals surface area (Å²) < 4.78 is 13.1. The number of halogens is 1. The molecule has 148 valence electrons. The third-order valence-electron chi connectivity index (χ3n) is 5.85. The number of amides is 2. The zero-order chi connectivity index (χ0) is 19.4. The second-order valence-corrected chi connectivity index (χ2v) is 8.34. The van der Waals surface area contributed by atoms with E-state index in [9.17, 15) is 14.0 Å². The number of carbonyl (C=O) groups is 2. The van der Waals surface area contributed by atoms with Gasteiger partial charge in [-0.25, -0.2) is 4.39 Å². The van der Waals surface area contributed by atoms with E-state index in [0.29, 0.717) is 12.8 Å². The number of nitrogens with zero attached hydrogens (tertiary/aromatic N) is 3. The maximum absolute atomic E-state index is 13.1. The zero-order valence-electron chi connectivity index (χ0n) is 16.4. The smallest absolute Gasteiger partial charge is 0.227 e. The highest BCUT2D eigenvalue weighted by atomic mass is 19.1. The van der Waals surface area contributed by atoms with Crippen LogP contribution in [0.4, 0.5) is 4.39 Å². The summed E-state index contributed by atoms with van der Waals surface area (Å²) in [5.74, 6) is 0.0440. The van der Waals surface area contributed by atoms with Gasteiger partial charge in [0.1, 0.15) is 5.82 Å². The number of carbonyl (C=O) groups excluding carboxylic acids is 2. The van der Waals surface area contributed by atoms with Gasteiger partial charge in [0, 0.05) is 44.6 Å². The Balaban J connectivity index is 1.62. The Morgan fingerprint density at radius 3 is 2.63 bits per heavy atom. The van der Waals surface area contributed by atoms with E-state index >= 15 is 0 Å². The van der Waals surface area contributed by atoms with Crippen molar-refractivity contribution in [3.8, 4) is 0 Å². The molecule has 0 unspecified atom stereocenters. The second kappa shape index (κ2) is 8.38. The van der Waals surface area contributed by atoms with Crippen LogP contribution in [0.1, 0.15) is 31.2 Å². The van der Waals surface area contributed by atoms with E-state index in [1.54, 1.807) is 12.1 Å². The summed E-state index contributed by atoms with van der Waals surface area (Å²) in [6.45, 7) is 3.85. The molecular formula is C21H30FN3O2. The molecule has 27 heavy (non-hydrogen) atoms. The van der Waals surface area contributed by atoms with Crippen molar-refractivity contribution in [1.29, 1.82) is 0 Å². The van der Waals surface area contributed by atoms with Gasteiger partial charge in [-0.3, -0.25) is 9.59 Å². The fourth-order valence-corrected chi connectivity index (χ4v) is 4.27. The summed E-state index contributed by atoms with van der Waals surface area (Å²) in [4.78, 5) is 31.1. The van der Waals surface area contributed by atoms with Crippen molar-refractivity contribution in [3.05, 3.63) is 35.6 Å². The number of likely N-dealkylation sites (tertiary alicyclic amines) is 2. The Hall–Kier alpha value is -1.95. The minimum Gasteiger partial charge on any atom is -0.342 e. The maximum Gasteiger partial charge on any atom is 0.227 e. The van der Waals surface area contributed by atoms with Gasteiger partial charge in [0.25, 0.3) is 0 Å². The number of hydrogen-bond donors (Lipinski definition) is 0. The lowest BCUT2D eigenvalue weighted by atomic mass is 9.73. The van der Waals surface area contributed by atoms with E-state index in [4.69, 9.17) is 0 Å². The lowest BCUT2D eigenvalue weighted by Gasteiger charge is -2.48. The fourth-order valence-electron chi connectivity index (χ4n) is 4.27. The molecule has 2 amide bonds. The second-order valence-electron chi connectivity index (χ2n) is 8.34. The molecule has 0 saturated carbocycles. The minimum atomic E-state index is -0.284. The lowest BCUT2D eigenvalue weighted by molar-refractivity contribution is -0.142. The third-order valence-corrected chi connectivity index (χ3v) is 5.85. The van der Waals surface area contributed by atoms with Crippen LogP contribution in [0.5, 0.6) is 0 Å².